The second-order valence-corrected chi connectivity index (χ2v) is 12.6. The van der Waals surface area contributed by atoms with Gasteiger partial charge in [-0.15, -0.1) is 0 Å². The number of hydrogen-bond acceptors (Lipinski definition) is 4. The molecule has 0 radical (unpaired) electrons. The van der Waals surface area contributed by atoms with Crippen LogP contribution in [0.25, 0.3) is 0 Å². The van der Waals surface area contributed by atoms with Crippen molar-refractivity contribution in [1.29, 1.82) is 0 Å². The topological polar surface area (TPSA) is 86.8 Å². The first-order valence-electron chi connectivity index (χ1n) is 13.8. The molecule has 2 amide bonds. The summed E-state index contributed by atoms with van der Waals surface area (Å²) in [7, 11) is -3.79. The number of carbonyl (C=O) groups excluding carboxylic acids is 2. The Hall–Kier alpha value is -3.65. The van der Waals surface area contributed by atoms with E-state index < -0.39 is 28.5 Å². The molecule has 3 aromatic rings. The number of aryl methyl sites for hydroxylation is 2. The third-order valence-corrected chi connectivity index (χ3v) is 8.77. The number of carbonyl (C=O) groups is 2. The summed E-state index contributed by atoms with van der Waals surface area (Å²) in [5.41, 5.74) is 4.17. The fourth-order valence-electron chi connectivity index (χ4n) is 5.20. The predicted molar refractivity (Wildman–Crippen MR) is 159 cm³/mol. The molecule has 1 atom stereocenters. The SMILES string of the molecule is Cc1ccc(N(CC(=O)N(Cc2ccccc2)[C@H](Cc2ccccc2)C(=O)NC2CCCC2)S(C)(=O)=O)cc1C. The van der Waals surface area contributed by atoms with Crippen molar-refractivity contribution in [1.82, 2.24) is 10.2 Å². The Bertz CT molecular complexity index is 1400. The molecule has 1 aliphatic rings. The first-order valence-corrected chi connectivity index (χ1v) is 15.7. The molecular weight excluding hydrogens is 522 g/mol. The number of nitrogens with zero attached hydrogens (tertiary/aromatic N) is 2. The van der Waals surface area contributed by atoms with Crippen molar-refractivity contribution in [3.8, 4) is 0 Å². The number of sulfonamides is 1. The first-order chi connectivity index (χ1) is 19.1. The highest BCUT2D eigenvalue weighted by Gasteiger charge is 2.34. The monoisotopic (exact) mass is 561 g/mol. The third kappa shape index (κ3) is 7.72. The maximum absolute atomic E-state index is 14.1. The zero-order chi connectivity index (χ0) is 28.7. The second kappa shape index (κ2) is 13.1. The van der Waals surface area contributed by atoms with Crippen LogP contribution in [0.3, 0.4) is 0 Å². The molecule has 40 heavy (non-hydrogen) atoms. The van der Waals surface area contributed by atoms with Gasteiger partial charge in [0.05, 0.1) is 11.9 Å². The Kier molecular flexibility index (Phi) is 9.63. The maximum Gasteiger partial charge on any atom is 0.244 e. The van der Waals surface area contributed by atoms with Gasteiger partial charge in [-0.05, 0) is 61.1 Å². The van der Waals surface area contributed by atoms with Gasteiger partial charge in [-0.2, -0.15) is 0 Å². The highest BCUT2D eigenvalue weighted by molar-refractivity contribution is 7.92. The van der Waals surface area contributed by atoms with E-state index in [1.807, 2.05) is 80.6 Å². The molecule has 0 bridgehead atoms. The van der Waals surface area contributed by atoms with Crippen LogP contribution in [0.2, 0.25) is 0 Å². The minimum absolute atomic E-state index is 0.0857. The number of nitrogens with one attached hydrogen (secondary N) is 1. The summed E-state index contributed by atoms with van der Waals surface area (Å²) in [6.07, 6.45) is 5.41. The Labute approximate surface area is 238 Å². The Morgan fingerprint density at radius 1 is 0.875 bits per heavy atom. The summed E-state index contributed by atoms with van der Waals surface area (Å²) in [5.74, 6) is -0.646. The largest absolute Gasteiger partial charge is 0.352 e. The minimum atomic E-state index is -3.79. The van der Waals surface area contributed by atoms with Crippen LogP contribution < -0.4 is 9.62 Å². The lowest BCUT2D eigenvalue weighted by Crippen LogP contribution is -2.54. The van der Waals surface area contributed by atoms with Crippen molar-refractivity contribution < 1.29 is 18.0 Å². The van der Waals surface area contributed by atoms with Crippen LogP contribution in [-0.2, 0) is 32.6 Å². The number of anilines is 1. The van der Waals surface area contributed by atoms with Gasteiger partial charge in [-0.1, -0.05) is 79.6 Å². The van der Waals surface area contributed by atoms with Crippen LogP contribution >= 0.6 is 0 Å². The van der Waals surface area contributed by atoms with E-state index in [0.29, 0.717) is 12.1 Å². The van der Waals surface area contributed by atoms with Gasteiger partial charge < -0.3 is 10.2 Å². The van der Waals surface area contributed by atoms with Gasteiger partial charge in [0.25, 0.3) is 0 Å². The number of hydrogen-bond donors (Lipinski definition) is 1. The summed E-state index contributed by atoms with van der Waals surface area (Å²) in [6, 6.07) is 23.7. The lowest BCUT2D eigenvalue weighted by Gasteiger charge is -2.34. The van der Waals surface area contributed by atoms with Gasteiger partial charge in [0, 0.05) is 19.0 Å². The molecule has 0 saturated heterocycles. The van der Waals surface area contributed by atoms with E-state index in [1.54, 1.807) is 17.0 Å². The molecule has 0 aromatic heterocycles. The fourth-order valence-corrected chi connectivity index (χ4v) is 6.04. The Morgan fingerprint density at radius 2 is 1.48 bits per heavy atom. The molecule has 4 rings (SSSR count). The van der Waals surface area contributed by atoms with Crippen molar-refractivity contribution in [2.45, 2.75) is 64.6 Å². The fraction of sp³-hybridized carbons (Fsp3) is 0.375. The Morgan fingerprint density at radius 3 is 2.05 bits per heavy atom. The second-order valence-electron chi connectivity index (χ2n) is 10.7. The number of amides is 2. The molecule has 0 aliphatic heterocycles. The molecule has 0 heterocycles. The van der Waals surface area contributed by atoms with Crippen molar-refractivity contribution >= 4 is 27.5 Å². The van der Waals surface area contributed by atoms with Crippen LogP contribution in [0.5, 0.6) is 0 Å². The highest BCUT2D eigenvalue weighted by atomic mass is 32.2. The van der Waals surface area contributed by atoms with E-state index in [-0.39, 0.29) is 18.5 Å². The van der Waals surface area contributed by atoms with Gasteiger partial charge in [-0.3, -0.25) is 13.9 Å². The lowest BCUT2D eigenvalue weighted by atomic mass is 10.0. The molecule has 1 fully saturated rings. The molecule has 8 heteroatoms. The van der Waals surface area contributed by atoms with Gasteiger partial charge in [-0.25, -0.2) is 8.42 Å². The third-order valence-electron chi connectivity index (χ3n) is 7.63. The lowest BCUT2D eigenvalue weighted by molar-refractivity contribution is -0.140. The molecule has 212 valence electrons. The van der Waals surface area contributed by atoms with E-state index in [0.717, 1.165) is 58.5 Å². The van der Waals surface area contributed by atoms with Crippen molar-refractivity contribution in [3.63, 3.8) is 0 Å². The van der Waals surface area contributed by atoms with E-state index >= 15 is 0 Å². The zero-order valence-electron chi connectivity index (χ0n) is 23.5. The summed E-state index contributed by atoms with van der Waals surface area (Å²) in [6.45, 7) is 3.63. The first kappa shape index (κ1) is 29.3. The molecule has 3 aromatic carbocycles. The minimum Gasteiger partial charge on any atom is -0.352 e. The van der Waals surface area contributed by atoms with E-state index in [2.05, 4.69) is 5.32 Å². The molecule has 0 unspecified atom stereocenters. The quantitative estimate of drug-likeness (QED) is 0.366. The highest BCUT2D eigenvalue weighted by Crippen LogP contribution is 2.24. The van der Waals surface area contributed by atoms with Crippen LogP contribution in [-0.4, -0.2) is 50.0 Å². The average molecular weight is 562 g/mol. The predicted octanol–water partition coefficient (Wildman–Crippen LogP) is 4.77. The van der Waals surface area contributed by atoms with Crippen molar-refractivity contribution in [3.05, 3.63) is 101 Å². The van der Waals surface area contributed by atoms with Crippen molar-refractivity contribution in [2.24, 2.45) is 0 Å². The van der Waals surface area contributed by atoms with E-state index in [1.165, 1.54) is 0 Å². The summed E-state index contributed by atoms with van der Waals surface area (Å²) in [4.78, 5) is 29.5. The van der Waals surface area contributed by atoms with Gasteiger partial charge in [0.15, 0.2) is 0 Å². The summed E-state index contributed by atoms with van der Waals surface area (Å²) >= 11 is 0. The van der Waals surface area contributed by atoms with Crippen LogP contribution in [0.1, 0.15) is 47.9 Å². The average Bonchev–Trinajstić information content (AvgIpc) is 3.44. The molecule has 0 spiro atoms. The summed E-state index contributed by atoms with van der Waals surface area (Å²) < 4.78 is 27.0. The normalized spacial score (nSPS) is 14.5. The van der Waals surface area contributed by atoms with Crippen molar-refractivity contribution in [2.75, 3.05) is 17.1 Å². The van der Waals surface area contributed by atoms with Crippen LogP contribution in [0, 0.1) is 13.8 Å². The molecule has 1 N–H and O–H groups in total. The molecule has 1 saturated carbocycles. The standard InChI is InChI=1S/C32H39N3O4S/c1-24-18-19-29(20-25(24)2)35(40(3,38)39)23-31(36)34(22-27-14-8-5-9-15-27)30(21-26-12-6-4-7-13-26)32(37)33-28-16-10-11-17-28/h4-9,12-15,18-20,28,30H,10-11,16-17,21-23H2,1-3H3,(H,33,37)/t30-/m1/s1. The molecule has 7 nitrogen and oxygen atoms in total. The maximum atomic E-state index is 14.1. The number of rotatable bonds is 11. The molecular formula is C32H39N3O4S. The van der Waals surface area contributed by atoms with Gasteiger partial charge in [0.2, 0.25) is 21.8 Å². The molecule has 1 aliphatic carbocycles. The zero-order valence-corrected chi connectivity index (χ0v) is 24.4. The van der Waals surface area contributed by atoms with Gasteiger partial charge in [0.1, 0.15) is 12.6 Å². The smallest absolute Gasteiger partial charge is 0.244 e. The van der Waals surface area contributed by atoms with Crippen LogP contribution in [0.15, 0.2) is 78.9 Å². The van der Waals surface area contributed by atoms with E-state index in [4.69, 9.17) is 0 Å². The van der Waals surface area contributed by atoms with Crippen LogP contribution in [0.4, 0.5) is 5.69 Å². The Balaban J connectivity index is 1.71. The number of benzene rings is 3. The summed E-state index contributed by atoms with van der Waals surface area (Å²) in [5, 5.41) is 3.18. The van der Waals surface area contributed by atoms with E-state index in [9.17, 15) is 18.0 Å². The van der Waals surface area contributed by atoms with Gasteiger partial charge >= 0.3 is 0 Å².